The summed E-state index contributed by atoms with van der Waals surface area (Å²) in [5.74, 6) is -0.774. The van der Waals surface area contributed by atoms with Crippen molar-refractivity contribution in [3.05, 3.63) is 70.8 Å². The minimum absolute atomic E-state index is 0.156. The van der Waals surface area contributed by atoms with Gasteiger partial charge in [-0.2, -0.15) is 0 Å². The monoisotopic (exact) mass is 311 g/mol. The average Bonchev–Trinajstić information content (AvgIpc) is 2.55. The van der Waals surface area contributed by atoms with Gasteiger partial charge in [-0.05, 0) is 35.6 Å². The normalized spacial score (nSPS) is 11.0. The summed E-state index contributed by atoms with van der Waals surface area (Å²) in [6.45, 7) is 2.85. The lowest BCUT2D eigenvalue weighted by atomic mass is 10.1. The van der Waals surface area contributed by atoms with Gasteiger partial charge in [0.1, 0.15) is 6.73 Å². The van der Waals surface area contributed by atoms with Gasteiger partial charge >= 0.3 is 5.97 Å². The van der Waals surface area contributed by atoms with Crippen LogP contribution in [-0.4, -0.2) is 24.0 Å². The molecule has 0 bridgehead atoms. The van der Waals surface area contributed by atoms with Gasteiger partial charge in [-0.1, -0.05) is 48.5 Å². The number of hydrogen-bond donors (Lipinski definition) is 1. The lowest BCUT2D eigenvalue weighted by Gasteiger charge is -2.04. The van der Waals surface area contributed by atoms with E-state index >= 15 is 0 Å². The van der Waals surface area contributed by atoms with Gasteiger partial charge in [-0.15, -0.1) is 0 Å². The van der Waals surface area contributed by atoms with E-state index in [0.717, 1.165) is 16.7 Å². The molecule has 0 radical (unpaired) electrons. The fourth-order valence-electron chi connectivity index (χ4n) is 2.14. The zero-order chi connectivity index (χ0) is 16.5. The van der Waals surface area contributed by atoms with Gasteiger partial charge in [0.05, 0.1) is 6.61 Å². The first kappa shape index (κ1) is 16.9. The first-order chi connectivity index (χ1) is 11.1. The third-order valence-electron chi connectivity index (χ3n) is 3.50. The molecule has 0 aliphatic heterocycles. The van der Waals surface area contributed by atoms with Crippen LogP contribution in [0.3, 0.4) is 0 Å². The van der Waals surface area contributed by atoms with Gasteiger partial charge < -0.3 is 9.84 Å². The molecule has 2 aromatic rings. The third-order valence-corrected chi connectivity index (χ3v) is 3.50. The second kappa shape index (κ2) is 8.86. The number of rotatable bonds is 8. The van der Waals surface area contributed by atoms with Crippen molar-refractivity contribution in [1.82, 2.24) is 0 Å². The predicted molar refractivity (Wildman–Crippen MR) is 90.8 cm³/mol. The molecule has 2 rings (SSSR count). The van der Waals surface area contributed by atoms with Gasteiger partial charge in [0.25, 0.3) is 0 Å². The van der Waals surface area contributed by atoms with E-state index in [1.54, 1.807) is 0 Å². The minimum atomic E-state index is -0.774. The number of nitrogens with zero attached hydrogens (tertiary/aromatic N) is 1. The number of aryl methyl sites for hydroxylation is 2. The molecule has 2 aromatic carbocycles. The van der Waals surface area contributed by atoms with Gasteiger partial charge in [0, 0.05) is 12.6 Å². The van der Waals surface area contributed by atoms with E-state index in [9.17, 15) is 4.79 Å². The molecule has 4 heteroatoms. The molecule has 0 fully saturated rings. The maximum atomic E-state index is 10.5. The van der Waals surface area contributed by atoms with Gasteiger partial charge in [0.15, 0.2) is 0 Å². The smallest absolute Gasteiger partial charge is 0.303 e. The quantitative estimate of drug-likeness (QED) is 0.598. The van der Waals surface area contributed by atoms with E-state index in [1.165, 1.54) is 5.56 Å². The summed E-state index contributed by atoms with van der Waals surface area (Å²) >= 11 is 0. The number of carboxylic acids is 1. The molecule has 0 heterocycles. The number of hydrogen-bond acceptors (Lipinski definition) is 3. The van der Waals surface area contributed by atoms with Crippen LogP contribution in [0.2, 0.25) is 0 Å². The lowest BCUT2D eigenvalue weighted by molar-refractivity contribution is -0.136. The van der Waals surface area contributed by atoms with E-state index in [4.69, 9.17) is 9.84 Å². The molecule has 0 saturated carbocycles. The second-order valence-corrected chi connectivity index (χ2v) is 5.36. The maximum Gasteiger partial charge on any atom is 0.303 e. The first-order valence-electron chi connectivity index (χ1n) is 7.58. The Hall–Kier alpha value is -2.46. The van der Waals surface area contributed by atoms with Crippen LogP contribution in [0.15, 0.2) is 53.5 Å². The molecule has 1 N–H and O–H groups in total. The second-order valence-electron chi connectivity index (χ2n) is 5.36. The topological polar surface area (TPSA) is 58.9 Å². The number of benzene rings is 2. The molecular formula is C19H21NO3. The van der Waals surface area contributed by atoms with Gasteiger partial charge in [0.2, 0.25) is 0 Å². The van der Waals surface area contributed by atoms with Crippen LogP contribution in [0, 0.1) is 6.92 Å². The first-order valence-corrected chi connectivity index (χ1v) is 7.58. The fourth-order valence-corrected chi connectivity index (χ4v) is 2.14. The van der Waals surface area contributed by atoms with Crippen molar-refractivity contribution in [2.75, 3.05) is 6.73 Å². The summed E-state index contributed by atoms with van der Waals surface area (Å²) in [6.07, 6.45) is 2.53. The minimum Gasteiger partial charge on any atom is -0.481 e. The van der Waals surface area contributed by atoms with E-state index in [1.807, 2.05) is 61.7 Å². The van der Waals surface area contributed by atoms with Crippen LogP contribution in [0.1, 0.15) is 28.7 Å². The van der Waals surface area contributed by atoms with Crippen LogP contribution < -0.4 is 0 Å². The highest BCUT2D eigenvalue weighted by molar-refractivity contribution is 5.81. The summed E-state index contributed by atoms with van der Waals surface area (Å²) in [7, 11) is 0. The van der Waals surface area contributed by atoms with E-state index in [-0.39, 0.29) is 6.42 Å². The summed E-state index contributed by atoms with van der Waals surface area (Å²) in [6, 6.07) is 15.9. The largest absolute Gasteiger partial charge is 0.481 e. The van der Waals surface area contributed by atoms with Crippen LogP contribution in [0.25, 0.3) is 0 Å². The Morgan fingerprint density at radius 1 is 1.13 bits per heavy atom. The molecule has 0 spiro atoms. The Balaban J connectivity index is 1.74. The van der Waals surface area contributed by atoms with Crippen molar-refractivity contribution >= 4 is 12.2 Å². The van der Waals surface area contributed by atoms with Crippen LogP contribution in [-0.2, 0) is 22.6 Å². The summed E-state index contributed by atoms with van der Waals surface area (Å²) < 4.78 is 5.53. The highest BCUT2D eigenvalue weighted by Gasteiger charge is 1.99. The molecule has 0 aliphatic rings. The Bertz CT molecular complexity index is 663. The Morgan fingerprint density at radius 2 is 1.83 bits per heavy atom. The summed E-state index contributed by atoms with van der Waals surface area (Å²) in [5, 5.41) is 8.66. The Kier molecular flexibility index (Phi) is 6.51. The molecule has 4 nitrogen and oxygen atoms in total. The van der Waals surface area contributed by atoms with Crippen molar-refractivity contribution in [3.8, 4) is 0 Å². The third kappa shape index (κ3) is 6.04. The molecule has 0 saturated heterocycles. The zero-order valence-electron chi connectivity index (χ0n) is 13.2. The van der Waals surface area contributed by atoms with E-state index in [0.29, 0.717) is 19.8 Å². The van der Waals surface area contributed by atoms with E-state index < -0.39 is 5.97 Å². The maximum absolute atomic E-state index is 10.5. The molecule has 0 aliphatic carbocycles. The van der Waals surface area contributed by atoms with Gasteiger partial charge in [-0.3, -0.25) is 9.79 Å². The number of aliphatic imine (C=N–C) groups is 1. The standard InChI is InChI=1S/C19H21NO3/c1-15-4-2-3-5-18(15)12-20-14-23-13-17-8-6-16(7-9-17)10-11-19(21)22/h2-9,12H,10-11,13-14H2,1H3,(H,21,22)/b20-12+. The highest BCUT2D eigenvalue weighted by atomic mass is 16.5. The molecule has 0 atom stereocenters. The van der Waals surface area contributed by atoms with Crippen LogP contribution in [0.4, 0.5) is 0 Å². The van der Waals surface area contributed by atoms with Crippen molar-refractivity contribution in [2.45, 2.75) is 26.4 Å². The van der Waals surface area contributed by atoms with Crippen molar-refractivity contribution in [1.29, 1.82) is 0 Å². The summed E-state index contributed by atoms with van der Waals surface area (Å²) in [4.78, 5) is 14.8. The molecular weight excluding hydrogens is 290 g/mol. The lowest BCUT2D eigenvalue weighted by Crippen LogP contribution is -1.98. The number of aliphatic carboxylic acids is 1. The van der Waals surface area contributed by atoms with Crippen molar-refractivity contribution in [3.63, 3.8) is 0 Å². The average molecular weight is 311 g/mol. The Labute approximate surface area is 136 Å². The molecule has 120 valence electrons. The molecule has 0 unspecified atom stereocenters. The molecule has 0 aromatic heterocycles. The molecule has 23 heavy (non-hydrogen) atoms. The van der Waals surface area contributed by atoms with Crippen molar-refractivity contribution in [2.24, 2.45) is 4.99 Å². The number of carbonyl (C=O) groups is 1. The fraction of sp³-hybridized carbons (Fsp3) is 0.263. The summed E-state index contributed by atoms with van der Waals surface area (Å²) in [5.41, 5.74) is 4.36. The van der Waals surface area contributed by atoms with Crippen LogP contribution in [0.5, 0.6) is 0 Å². The van der Waals surface area contributed by atoms with E-state index in [2.05, 4.69) is 4.99 Å². The number of ether oxygens (including phenoxy) is 1. The highest BCUT2D eigenvalue weighted by Crippen LogP contribution is 2.08. The molecule has 0 amide bonds. The zero-order valence-corrected chi connectivity index (χ0v) is 13.2. The van der Waals surface area contributed by atoms with Crippen molar-refractivity contribution < 1.29 is 14.6 Å². The van der Waals surface area contributed by atoms with Crippen LogP contribution >= 0.6 is 0 Å². The van der Waals surface area contributed by atoms with Gasteiger partial charge in [-0.25, -0.2) is 0 Å². The number of carboxylic acid groups (broad SMARTS) is 1. The Morgan fingerprint density at radius 3 is 2.52 bits per heavy atom. The SMILES string of the molecule is Cc1ccccc1/C=N/COCc1ccc(CCC(=O)O)cc1. The predicted octanol–water partition coefficient (Wildman–Crippen LogP) is 3.61.